The molecule has 1 saturated carbocycles. The predicted octanol–water partition coefficient (Wildman–Crippen LogP) is 0.780. The van der Waals surface area contributed by atoms with E-state index in [1.54, 1.807) is 6.92 Å². The molecule has 2 amide bonds. The molecule has 1 aliphatic carbocycles. The summed E-state index contributed by atoms with van der Waals surface area (Å²) in [6.07, 6.45) is 0.849. The minimum atomic E-state index is -0.598. The van der Waals surface area contributed by atoms with Gasteiger partial charge in [0.2, 0.25) is 11.8 Å². The molecule has 90 valence electrons. The van der Waals surface area contributed by atoms with Crippen LogP contribution < -0.4 is 11.1 Å². The minimum absolute atomic E-state index is 0.0146. The van der Waals surface area contributed by atoms with Gasteiger partial charge in [0.25, 0.3) is 0 Å². The molecule has 0 heterocycles. The largest absolute Gasteiger partial charge is 0.368 e. The number of amides is 2. The van der Waals surface area contributed by atoms with E-state index < -0.39 is 11.9 Å². The van der Waals surface area contributed by atoms with Crippen LogP contribution in [0, 0.1) is 5.92 Å². The van der Waals surface area contributed by atoms with Crippen molar-refractivity contribution in [3.63, 3.8) is 0 Å². The van der Waals surface area contributed by atoms with Crippen LogP contribution in [0.2, 0.25) is 0 Å². The smallest absolute Gasteiger partial charge is 0.239 e. The first-order chi connectivity index (χ1) is 8.09. The van der Waals surface area contributed by atoms with Crippen LogP contribution >= 0.6 is 0 Å². The van der Waals surface area contributed by atoms with Crippen molar-refractivity contribution in [2.45, 2.75) is 25.3 Å². The lowest BCUT2D eigenvalue weighted by Crippen LogP contribution is -2.43. The molecule has 3 atom stereocenters. The van der Waals surface area contributed by atoms with E-state index in [9.17, 15) is 9.59 Å². The summed E-state index contributed by atoms with van der Waals surface area (Å²) in [5.74, 6) is -0.309. The van der Waals surface area contributed by atoms with E-state index in [2.05, 4.69) is 5.32 Å². The van der Waals surface area contributed by atoms with Crippen molar-refractivity contribution in [1.29, 1.82) is 0 Å². The van der Waals surface area contributed by atoms with Gasteiger partial charge in [-0.15, -0.1) is 0 Å². The Kier molecular flexibility index (Phi) is 3.13. The Labute approximate surface area is 100 Å². The molecule has 1 aromatic rings. The van der Waals surface area contributed by atoms with E-state index in [1.165, 1.54) is 5.56 Å². The maximum Gasteiger partial charge on any atom is 0.239 e. The highest BCUT2D eigenvalue weighted by Crippen LogP contribution is 2.47. The Bertz CT molecular complexity index is 430. The van der Waals surface area contributed by atoms with E-state index in [0.29, 0.717) is 0 Å². The first kappa shape index (κ1) is 11.6. The molecule has 0 saturated heterocycles. The van der Waals surface area contributed by atoms with Gasteiger partial charge in [0, 0.05) is 5.92 Å². The summed E-state index contributed by atoms with van der Waals surface area (Å²) >= 11 is 0. The van der Waals surface area contributed by atoms with Gasteiger partial charge >= 0.3 is 0 Å². The lowest BCUT2D eigenvalue weighted by atomic mass is 10.1. The molecule has 1 aliphatic rings. The van der Waals surface area contributed by atoms with Crippen LogP contribution in [0.25, 0.3) is 0 Å². The van der Waals surface area contributed by atoms with Gasteiger partial charge in [-0.05, 0) is 24.8 Å². The molecule has 0 bridgehead atoms. The van der Waals surface area contributed by atoms with E-state index in [4.69, 9.17) is 5.73 Å². The van der Waals surface area contributed by atoms with Crippen molar-refractivity contribution in [3.8, 4) is 0 Å². The molecule has 0 spiro atoms. The molecule has 4 nitrogen and oxygen atoms in total. The van der Waals surface area contributed by atoms with Gasteiger partial charge in [0.05, 0.1) is 0 Å². The Hall–Kier alpha value is -1.84. The van der Waals surface area contributed by atoms with Crippen molar-refractivity contribution in [2.75, 3.05) is 0 Å². The van der Waals surface area contributed by atoms with E-state index >= 15 is 0 Å². The van der Waals surface area contributed by atoms with Gasteiger partial charge in [-0.2, -0.15) is 0 Å². The van der Waals surface area contributed by atoms with Crippen molar-refractivity contribution >= 4 is 11.8 Å². The predicted molar refractivity (Wildman–Crippen MR) is 64.1 cm³/mol. The molecule has 17 heavy (non-hydrogen) atoms. The molecule has 4 heteroatoms. The van der Waals surface area contributed by atoms with Crippen LogP contribution in [0.4, 0.5) is 0 Å². The van der Waals surface area contributed by atoms with Crippen LogP contribution in [-0.2, 0) is 9.59 Å². The third-order valence-corrected chi connectivity index (χ3v) is 3.14. The number of hydrogen-bond acceptors (Lipinski definition) is 2. The number of primary amides is 1. The third kappa shape index (κ3) is 2.64. The number of hydrogen-bond donors (Lipinski definition) is 2. The Balaban J connectivity index is 1.91. The van der Waals surface area contributed by atoms with Crippen LogP contribution in [-0.4, -0.2) is 17.9 Å². The fourth-order valence-corrected chi connectivity index (χ4v) is 1.94. The summed E-state index contributed by atoms with van der Waals surface area (Å²) in [5.41, 5.74) is 6.28. The molecule has 0 unspecified atom stereocenters. The number of nitrogens with one attached hydrogen (secondary N) is 1. The van der Waals surface area contributed by atoms with Gasteiger partial charge in [-0.1, -0.05) is 30.3 Å². The number of nitrogens with two attached hydrogens (primary N) is 1. The van der Waals surface area contributed by atoms with Crippen molar-refractivity contribution in [2.24, 2.45) is 11.7 Å². The van der Waals surface area contributed by atoms with Crippen LogP contribution in [0.15, 0.2) is 30.3 Å². The van der Waals surface area contributed by atoms with Gasteiger partial charge in [0.1, 0.15) is 6.04 Å². The quantitative estimate of drug-likeness (QED) is 0.805. The van der Waals surface area contributed by atoms with Gasteiger partial charge in [0.15, 0.2) is 0 Å². The number of carbonyl (C=O) groups is 2. The zero-order valence-electron chi connectivity index (χ0n) is 9.72. The molecule has 1 fully saturated rings. The third-order valence-electron chi connectivity index (χ3n) is 3.14. The lowest BCUT2D eigenvalue weighted by molar-refractivity contribution is -0.127. The topological polar surface area (TPSA) is 72.2 Å². The lowest BCUT2D eigenvalue weighted by Gasteiger charge is -2.09. The van der Waals surface area contributed by atoms with E-state index in [1.807, 2.05) is 30.3 Å². The fraction of sp³-hybridized carbons (Fsp3) is 0.385. The molecule has 0 radical (unpaired) electrons. The zero-order valence-corrected chi connectivity index (χ0v) is 9.72. The first-order valence-electron chi connectivity index (χ1n) is 5.74. The molecule has 3 N–H and O–H groups in total. The van der Waals surface area contributed by atoms with Crippen molar-refractivity contribution in [3.05, 3.63) is 35.9 Å². The fourth-order valence-electron chi connectivity index (χ4n) is 1.94. The Morgan fingerprint density at radius 2 is 2.00 bits per heavy atom. The monoisotopic (exact) mass is 232 g/mol. The normalized spacial score (nSPS) is 23.8. The average Bonchev–Trinajstić information content (AvgIpc) is 3.10. The number of benzene rings is 1. The Morgan fingerprint density at radius 1 is 1.35 bits per heavy atom. The van der Waals surface area contributed by atoms with Crippen LogP contribution in [0.5, 0.6) is 0 Å². The maximum atomic E-state index is 11.8. The van der Waals surface area contributed by atoms with Crippen LogP contribution in [0.1, 0.15) is 24.8 Å². The molecule has 1 aromatic carbocycles. The average molecular weight is 232 g/mol. The van der Waals surface area contributed by atoms with Gasteiger partial charge in [-0.3, -0.25) is 9.59 Å². The SMILES string of the molecule is C[C@H](NC(=O)[C@@H]1C[C@H]1c1ccccc1)C(N)=O. The second-order valence-electron chi connectivity index (χ2n) is 4.49. The van der Waals surface area contributed by atoms with Gasteiger partial charge in [-0.25, -0.2) is 0 Å². The molecule has 0 aromatic heterocycles. The number of rotatable bonds is 4. The Morgan fingerprint density at radius 3 is 2.59 bits per heavy atom. The van der Waals surface area contributed by atoms with E-state index in [0.717, 1.165) is 6.42 Å². The first-order valence-corrected chi connectivity index (χ1v) is 5.74. The molecular weight excluding hydrogens is 216 g/mol. The summed E-state index contributed by atoms with van der Waals surface area (Å²) in [4.78, 5) is 22.6. The second kappa shape index (κ2) is 4.57. The maximum absolute atomic E-state index is 11.8. The van der Waals surface area contributed by atoms with Gasteiger partial charge < -0.3 is 11.1 Å². The molecule has 2 rings (SSSR count). The highest BCUT2D eigenvalue weighted by molar-refractivity contribution is 5.89. The summed E-state index contributed by atoms with van der Waals surface area (Å²) in [5, 5.41) is 2.63. The zero-order chi connectivity index (χ0) is 12.4. The summed E-state index contributed by atoms with van der Waals surface area (Å²) < 4.78 is 0. The van der Waals surface area contributed by atoms with Crippen LogP contribution in [0.3, 0.4) is 0 Å². The standard InChI is InChI=1S/C13H16N2O2/c1-8(12(14)16)15-13(17)11-7-10(11)9-5-3-2-4-6-9/h2-6,8,10-11H,7H2,1H3,(H2,14,16)(H,15,17)/t8-,10-,11+/m0/s1. The summed E-state index contributed by atoms with van der Waals surface area (Å²) in [7, 11) is 0. The minimum Gasteiger partial charge on any atom is -0.368 e. The molecule has 0 aliphatic heterocycles. The van der Waals surface area contributed by atoms with Crippen molar-refractivity contribution < 1.29 is 9.59 Å². The molecular formula is C13H16N2O2. The second-order valence-corrected chi connectivity index (χ2v) is 4.49. The number of carbonyl (C=O) groups excluding carboxylic acids is 2. The highest BCUT2D eigenvalue weighted by Gasteiger charge is 2.44. The summed E-state index contributed by atoms with van der Waals surface area (Å²) in [6, 6.07) is 9.34. The van der Waals surface area contributed by atoms with Crippen molar-refractivity contribution in [1.82, 2.24) is 5.32 Å². The summed E-state index contributed by atoms with van der Waals surface area (Å²) in [6.45, 7) is 1.60. The van der Waals surface area contributed by atoms with E-state index in [-0.39, 0.29) is 17.7 Å². The highest BCUT2D eigenvalue weighted by atomic mass is 16.2.